The SMILES string of the molecule is CC(C)Oc1ccc([C@H]2OCC[C@@]34C[C@@H](C[C@H]23)C(C)(C)[C@@H]4NC(=O)CCO)cc1. The van der Waals surface area contributed by atoms with E-state index in [0.29, 0.717) is 11.8 Å². The number of hydrogen-bond donors (Lipinski definition) is 2. The van der Waals surface area contributed by atoms with E-state index in [1.807, 2.05) is 26.0 Å². The van der Waals surface area contributed by atoms with Crippen LogP contribution in [0.15, 0.2) is 24.3 Å². The lowest BCUT2D eigenvalue weighted by atomic mass is 9.59. The summed E-state index contributed by atoms with van der Waals surface area (Å²) >= 11 is 0. The van der Waals surface area contributed by atoms with Crippen LogP contribution in [0.2, 0.25) is 0 Å². The molecule has 0 aromatic heterocycles. The molecule has 2 bridgehead atoms. The maximum atomic E-state index is 12.4. The van der Waals surface area contributed by atoms with E-state index in [1.54, 1.807) is 0 Å². The van der Waals surface area contributed by atoms with Crippen LogP contribution in [0.3, 0.4) is 0 Å². The van der Waals surface area contributed by atoms with Crippen molar-refractivity contribution < 1.29 is 19.4 Å². The molecule has 1 aromatic rings. The Labute approximate surface area is 174 Å². The molecule has 1 aromatic carbocycles. The van der Waals surface area contributed by atoms with Crippen molar-refractivity contribution in [3.63, 3.8) is 0 Å². The highest BCUT2D eigenvalue weighted by Gasteiger charge is 2.68. The molecule has 1 spiro atoms. The first-order chi connectivity index (χ1) is 13.8. The fourth-order valence-electron chi connectivity index (χ4n) is 6.46. The van der Waals surface area contributed by atoms with Crippen molar-refractivity contribution >= 4 is 5.91 Å². The molecule has 2 saturated carbocycles. The van der Waals surface area contributed by atoms with Crippen LogP contribution in [0.5, 0.6) is 5.75 Å². The van der Waals surface area contributed by atoms with E-state index >= 15 is 0 Å². The van der Waals surface area contributed by atoms with Gasteiger partial charge in [0.25, 0.3) is 0 Å². The summed E-state index contributed by atoms with van der Waals surface area (Å²) in [5.74, 6) is 1.84. The van der Waals surface area contributed by atoms with E-state index in [-0.39, 0.29) is 48.0 Å². The van der Waals surface area contributed by atoms with E-state index in [1.165, 1.54) is 5.56 Å². The fourth-order valence-corrected chi connectivity index (χ4v) is 6.46. The Morgan fingerprint density at radius 1 is 1.31 bits per heavy atom. The Hall–Kier alpha value is -1.59. The van der Waals surface area contributed by atoms with Crippen molar-refractivity contribution in [1.82, 2.24) is 5.32 Å². The van der Waals surface area contributed by atoms with Crippen molar-refractivity contribution in [2.45, 2.75) is 71.6 Å². The van der Waals surface area contributed by atoms with Gasteiger partial charge in [0.1, 0.15) is 5.75 Å². The lowest BCUT2D eigenvalue weighted by Crippen LogP contribution is -2.59. The Bertz CT molecular complexity index is 744. The zero-order valence-corrected chi connectivity index (χ0v) is 18.1. The van der Waals surface area contributed by atoms with Gasteiger partial charge in [-0.2, -0.15) is 0 Å². The predicted octanol–water partition coefficient (Wildman–Crippen LogP) is 3.85. The number of ether oxygens (including phenoxy) is 2. The molecule has 2 aliphatic carbocycles. The Morgan fingerprint density at radius 2 is 2.03 bits per heavy atom. The van der Waals surface area contributed by atoms with Gasteiger partial charge in [0.2, 0.25) is 5.91 Å². The van der Waals surface area contributed by atoms with Crippen LogP contribution in [0.4, 0.5) is 0 Å². The quantitative estimate of drug-likeness (QED) is 0.760. The molecule has 1 aliphatic heterocycles. The maximum Gasteiger partial charge on any atom is 0.222 e. The van der Waals surface area contributed by atoms with Gasteiger partial charge in [-0.1, -0.05) is 26.0 Å². The van der Waals surface area contributed by atoms with Gasteiger partial charge in [-0.05, 0) is 73.5 Å². The number of hydrogen-bond acceptors (Lipinski definition) is 4. The first kappa shape index (κ1) is 20.7. The Balaban J connectivity index is 1.59. The van der Waals surface area contributed by atoms with Gasteiger partial charge in [0.15, 0.2) is 0 Å². The molecular weight excluding hydrogens is 366 g/mol. The number of fused-ring (bicyclic) bond motifs is 1. The third-order valence-corrected chi connectivity index (χ3v) is 7.73. The molecule has 3 aliphatic rings. The number of aliphatic hydroxyl groups is 1. The largest absolute Gasteiger partial charge is 0.491 e. The number of nitrogens with one attached hydrogen (secondary N) is 1. The topological polar surface area (TPSA) is 67.8 Å². The van der Waals surface area contributed by atoms with Crippen LogP contribution in [0.1, 0.15) is 65.0 Å². The average Bonchev–Trinajstić information content (AvgIpc) is 3.15. The summed E-state index contributed by atoms with van der Waals surface area (Å²) in [7, 11) is 0. The van der Waals surface area contributed by atoms with E-state index in [2.05, 4.69) is 31.3 Å². The second-order valence-electron chi connectivity index (χ2n) is 10.0. The maximum absolute atomic E-state index is 12.4. The fraction of sp³-hybridized carbons (Fsp3) is 0.708. The number of rotatable bonds is 6. The molecule has 29 heavy (non-hydrogen) atoms. The molecular formula is C24H35NO4. The monoisotopic (exact) mass is 401 g/mol. The minimum absolute atomic E-state index is 0.0375. The number of carbonyl (C=O) groups excluding carboxylic acids is 1. The first-order valence-electron chi connectivity index (χ1n) is 11.1. The van der Waals surface area contributed by atoms with Crippen LogP contribution in [-0.4, -0.2) is 36.4 Å². The van der Waals surface area contributed by atoms with Crippen LogP contribution in [-0.2, 0) is 9.53 Å². The standard InChI is InChI=1S/C24H35NO4/c1-15(2)29-18-7-5-16(6-8-18)21-19-13-17-14-24(19,10-12-28-21)22(23(17,3)4)25-20(27)9-11-26/h5-8,15,17,19,21-22,26H,9-14H2,1-4H3,(H,25,27)/t17-,19-,21-,22+,24-/m1/s1. The lowest BCUT2D eigenvalue weighted by Gasteiger charge is -2.53. The highest BCUT2D eigenvalue weighted by atomic mass is 16.5. The number of benzene rings is 1. The lowest BCUT2D eigenvalue weighted by molar-refractivity contribution is -0.137. The smallest absolute Gasteiger partial charge is 0.222 e. The molecule has 1 heterocycles. The molecule has 5 heteroatoms. The van der Waals surface area contributed by atoms with Crippen LogP contribution in [0, 0.1) is 22.7 Å². The Kier molecular flexibility index (Phi) is 5.41. The highest BCUT2D eigenvalue weighted by Crippen LogP contribution is 2.70. The van der Waals surface area contributed by atoms with E-state index in [4.69, 9.17) is 9.47 Å². The molecule has 0 unspecified atom stereocenters. The number of amides is 1. The predicted molar refractivity (Wildman–Crippen MR) is 112 cm³/mol. The van der Waals surface area contributed by atoms with Crippen molar-refractivity contribution in [1.29, 1.82) is 0 Å². The molecule has 0 radical (unpaired) electrons. The molecule has 1 saturated heterocycles. The summed E-state index contributed by atoms with van der Waals surface area (Å²) in [5, 5.41) is 12.5. The van der Waals surface area contributed by atoms with Gasteiger partial charge in [-0.25, -0.2) is 0 Å². The van der Waals surface area contributed by atoms with Crippen LogP contribution in [0.25, 0.3) is 0 Å². The molecule has 5 atom stereocenters. The molecule has 5 nitrogen and oxygen atoms in total. The minimum Gasteiger partial charge on any atom is -0.491 e. The van der Waals surface area contributed by atoms with Crippen molar-refractivity contribution in [2.75, 3.05) is 13.2 Å². The summed E-state index contributed by atoms with van der Waals surface area (Å²) < 4.78 is 12.1. The summed E-state index contributed by atoms with van der Waals surface area (Å²) in [6.45, 7) is 9.29. The van der Waals surface area contributed by atoms with Gasteiger partial charge in [-0.3, -0.25) is 4.79 Å². The highest BCUT2D eigenvalue weighted by molar-refractivity contribution is 5.76. The summed E-state index contributed by atoms with van der Waals surface area (Å²) in [5.41, 5.74) is 1.35. The van der Waals surface area contributed by atoms with Crippen LogP contribution < -0.4 is 10.1 Å². The molecule has 160 valence electrons. The van der Waals surface area contributed by atoms with Gasteiger partial charge in [-0.15, -0.1) is 0 Å². The summed E-state index contributed by atoms with van der Waals surface area (Å²) in [6, 6.07) is 8.48. The minimum atomic E-state index is -0.102. The average molecular weight is 402 g/mol. The zero-order chi connectivity index (χ0) is 20.8. The van der Waals surface area contributed by atoms with Gasteiger partial charge < -0.3 is 19.9 Å². The van der Waals surface area contributed by atoms with Gasteiger partial charge in [0.05, 0.1) is 18.8 Å². The molecule has 4 rings (SSSR count). The van der Waals surface area contributed by atoms with E-state index in [9.17, 15) is 9.90 Å². The van der Waals surface area contributed by atoms with E-state index < -0.39 is 0 Å². The second kappa shape index (κ2) is 7.59. The normalized spacial score (nSPS) is 34.8. The third-order valence-electron chi connectivity index (χ3n) is 7.73. The molecule has 3 fully saturated rings. The zero-order valence-electron chi connectivity index (χ0n) is 18.1. The molecule has 2 N–H and O–H groups in total. The van der Waals surface area contributed by atoms with Crippen LogP contribution >= 0.6 is 0 Å². The second-order valence-corrected chi connectivity index (χ2v) is 10.0. The van der Waals surface area contributed by atoms with Crippen molar-refractivity contribution in [3.8, 4) is 5.75 Å². The molecule has 1 amide bonds. The Morgan fingerprint density at radius 3 is 2.69 bits per heavy atom. The number of aliphatic hydroxyl groups excluding tert-OH is 1. The van der Waals surface area contributed by atoms with Crippen molar-refractivity contribution in [2.24, 2.45) is 22.7 Å². The first-order valence-corrected chi connectivity index (χ1v) is 11.1. The number of carbonyl (C=O) groups is 1. The van der Waals surface area contributed by atoms with Gasteiger partial charge in [0, 0.05) is 19.1 Å². The van der Waals surface area contributed by atoms with Gasteiger partial charge >= 0.3 is 0 Å². The van der Waals surface area contributed by atoms with Crippen molar-refractivity contribution in [3.05, 3.63) is 29.8 Å². The third kappa shape index (κ3) is 3.46. The summed E-state index contributed by atoms with van der Waals surface area (Å²) in [6.07, 6.45) is 3.70. The van der Waals surface area contributed by atoms with E-state index in [0.717, 1.165) is 31.6 Å². The summed E-state index contributed by atoms with van der Waals surface area (Å²) in [4.78, 5) is 12.4.